The van der Waals surface area contributed by atoms with E-state index >= 15 is 0 Å². The first-order valence-corrected chi connectivity index (χ1v) is 6.11. The molecule has 0 bridgehead atoms. The Hall–Kier alpha value is -1.19. The summed E-state index contributed by atoms with van der Waals surface area (Å²) in [6.45, 7) is 6.11. The summed E-state index contributed by atoms with van der Waals surface area (Å²) < 4.78 is 0. The summed E-state index contributed by atoms with van der Waals surface area (Å²) in [6, 6.07) is 0.450. The molecule has 2 rings (SSSR count). The number of aryl methyl sites for hydroxylation is 2. The van der Waals surface area contributed by atoms with Gasteiger partial charge in [-0.1, -0.05) is 12.8 Å². The van der Waals surface area contributed by atoms with Crippen molar-refractivity contribution in [2.45, 2.75) is 52.5 Å². The van der Waals surface area contributed by atoms with Crippen LogP contribution in [0.4, 0.5) is 5.95 Å². The van der Waals surface area contributed by atoms with Crippen LogP contribution in [0.5, 0.6) is 0 Å². The van der Waals surface area contributed by atoms with Crippen molar-refractivity contribution < 1.29 is 0 Å². The fraction of sp³-hybridized carbons (Fsp3) is 0.750. The van der Waals surface area contributed by atoms with Gasteiger partial charge in [0.15, 0.2) is 0 Å². The van der Waals surface area contributed by atoms with Crippen molar-refractivity contribution in [3.05, 3.63) is 11.4 Å². The minimum atomic E-state index is 0.450. The van der Waals surface area contributed by atoms with E-state index in [1.165, 1.54) is 25.7 Å². The minimum absolute atomic E-state index is 0.450. The van der Waals surface area contributed by atoms with Gasteiger partial charge in [-0.2, -0.15) is 5.10 Å². The summed E-state index contributed by atoms with van der Waals surface area (Å²) in [5.74, 6) is 1.44. The minimum Gasteiger partial charge on any atom is -0.350 e. The molecular weight excluding hydrogens is 200 g/mol. The van der Waals surface area contributed by atoms with E-state index in [1.807, 2.05) is 13.8 Å². The number of nitrogens with zero attached hydrogens (tertiary/aromatic N) is 3. The third-order valence-corrected chi connectivity index (χ3v) is 3.56. The van der Waals surface area contributed by atoms with Gasteiger partial charge in [-0.25, -0.2) is 4.98 Å². The highest BCUT2D eigenvalue weighted by molar-refractivity contribution is 5.26. The molecule has 1 heterocycles. The fourth-order valence-electron chi connectivity index (χ4n) is 2.30. The van der Waals surface area contributed by atoms with Crippen molar-refractivity contribution >= 4 is 5.95 Å². The number of hydrogen-bond acceptors (Lipinski definition) is 4. The maximum Gasteiger partial charge on any atom is 0.243 e. The normalized spacial score (nSPS) is 18.7. The zero-order chi connectivity index (χ0) is 11.5. The lowest BCUT2D eigenvalue weighted by atomic mass is 10.0. The molecule has 0 radical (unpaired) electrons. The van der Waals surface area contributed by atoms with Crippen molar-refractivity contribution in [1.29, 1.82) is 0 Å². The van der Waals surface area contributed by atoms with Crippen LogP contribution in [0, 0.1) is 19.8 Å². The third kappa shape index (κ3) is 2.49. The maximum absolute atomic E-state index is 4.40. The molecule has 1 atom stereocenters. The van der Waals surface area contributed by atoms with E-state index in [2.05, 4.69) is 27.4 Å². The first-order chi connectivity index (χ1) is 7.66. The van der Waals surface area contributed by atoms with Gasteiger partial charge in [0.25, 0.3) is 0 Å². The van der Waals surface area contributed by atoms with E-state index in [9.17, 15) is 0 Å². The molecule has 16 heavy (non-hydrogen) atoms. The third-order valence-electron chi connectivity index (χ3n) is 3.56. The predicted octanol–water partition coefficient (Wildman–Crippen LogP) is 2.48. The van der Waals surface area contributed by atoms with E-state index in [1.54, 1.807) is 0 Å². The monoisotopic (exact) mass is 220 g/mol. The zero-order valence-corrected chi connectivity index (χ0v) is 10.3. The molecule has 0 spiro atoms. The molecule has 4 heteroatoms. The average Bonchev–Trinajstić information content (AvgIpc) is 2.77. The number of nitrogens with one attached hydrogen (secondary N) is 1. The van der Waals surface area contributed by atoms with Gasteiger partial charge in [0.2, 0.25) is 5.95 Å². The molecule has 0 amide bonds. The highest BCUT2D eigenvalue weighted by Gasteiger charge is 2.22. The van der Waals surface area contributed by atoms with Crippen LogP contribution in [0.2, 0.25) is 0 Å². The lowest BCUT2D eigenvalue weighted by Gasteiger charge is -2.20. The van der Waals surface area contributed by atoms with Gasteiger partial charge in [0.05, 0.1) is 11.4 Å². The van der Waals surface area contributed by atoms with Gasteiger partial charge < -0.3 is 5.32 Å². The Kier molecular flexibility index (Phi) is 3.36. The Morgan fingerprint density at radius 2 is 1.81 bits per heavy atom. The molecule has 1 fully saturated rings. The summed E-state index contributed by atoms with van der Waals surface area (Å²) in [5, 5.41) is 11.5. The van der Waals surface area contributed by atoms with Crippen LogP contribution in [0.15, 0.2) is 0 Å². The SMILES string of the molecule is Cc1nnc(NC(C)C2CCCC2)nc1C. The zero-order valence-electron chi connectivity index (χ0n) is 10.3. The van der Waals surface area contributed by atoms with Crippen LogP contribution in [-0.4, -0.2) is 21.2 Å². The molecule has 1 aromatic rings. The number of hydrogen-bond donors (Lipinski definition) is 1. The first-order valence-electron chi connectivity index (χ1n) is 6.11. The fourth-order valence-corrected chi connectivity index (χ4v) is 2.30. The molecule has 1 aliphatic carbocycles. The summed E-state index contributed by atoms with van der Waals surface area (Å²) >= 11 is 0. The second kappa shape index (κ2) is 4.76. The van der Waals surface area contributed by atoms with Crippen LogP contribution in [-0.2, 0) is 0 Å². The van der Waals surface area contributed by atoms with E-state index in [-0.39, 0.29) is 0 Å². The molecule has 0 saturated heterocycles. The maximum atomic E-state index is 4.40. The summed E-state index contributed by atoms with van der Waals surface area (Å²) in [7, 11) is 0. The molecular formula is C12H20N4. The van der Waals surface area contributed by atoms with Gasteiger partial charge >= 0.3 is 0 Å². The van der Waals surface area contributed by atoms with Crippen LogP contribution < -0.4 is 5.32 Å². The van der Waals surface area contributed by atoms with Crippen molar-refractivity contribution in [2.24, 2.45) is 5.92 Å². The first kappa shape index (κ1) is 11.3. The van der Waals surface area contributed by atoms with E-state index < -0.39 is 0 Å². The molecule has 1 aromatic heterocycles. The molecule has 4 nitrogen and oxygen atoms in total. The summed E-state index contributed by atoms with van der Waals surface area (Å²) in [4.78, 5) is 4.40. The predicted molar refractivity (Wildman–Crippen MR) is 64.3 cm³/mol. The second-order valence-corrected chi connectivity index (χ2v) is 4.78. The van der Waals surface area contributed by atoms with Gasteiger partial charge in [-0.05, 0) is 39.5 Å². The van der Waals surface area contributed by atoms with E-state index in [4.69, 9.17) is 0 Å². The van der Waals surface area contributed by atoms with E-state index in [0.29, 0.717) is 12.0 Å². The highest BCUT2D eigenvalue weighted by Crippen LogP contribution is 2.28. The van der Waals surface area contributed by atoms with Crippen molar-refractivity contribution in [2.75, 3.05) is 5.32 Å². The van der Waals surface area contributed by atoms with Gasteiger partial charge in [0, 0.05) is 6.04 Å². The van der Waals surface area contributed by atoms with E-state index in [0.717, 1.165) is 17.3 Å². The molecule has 1 saturated carbocycles. The highest BCUT2D eigenvalue weighted by atomic mass is 15.2. The lowest BCUT2D eigenvalue weighted by Crippen LogP contribution is -2.25. The Morgan fingerprint density at radius 1 is 1.12 bits per heavy atom. The van der Waals surface area contributed by atoms with Crippen LogP contribution in [0.25, 0.3) is 0 Å². The standard InChI is InChI=1S/C12H20N4/c1-8-9(2)15-16-12(13-8)14-10(3)11-6-4-5-7-11/h10-11H,4-7H2,1-3H3,(H,13,14,16). The van der Waals surface area contributed by atoms with Gasteiger partial charge in [-0.3, -0.25) is 0 Å². The Balaban J connectivity index is 1.99. The summed E-state index contributed by atoms with van der Waals surface area (Å²) in [6.07, 6.45) is 5.38. The lowest BCUT2D eigenvalue weighted by molar-refractivity contribution is 0.479. The number of aromatic nitrogens is 3. The molecule has 88 valence electrons. The van der Waals surface area contributed by atoms with Crippen LogP contribution >= 0.6 is 0 Å². The number of rotatable bonds is 3. The Bertz CT molecular complexity index is 358. The molecule has 0 aromatic carbocycles. The van der Waals surface area contributed by atoms with Crippen LogP contribution in [0.1, 0.15) is 44.0 Å². The van der Waals surface area contributed by atoms with Crippen molar-refractivity contribution in [1.82, 2.24) is 15.2 Å². The van der Waals surface area contributed by atoms with Crippen LogP contribution in [0.3, 0.4) is 0 Å². The average molecular weight is 220 g/mol. The number of anilines is 1. The van der Waals surface area contributed by atoms with Crippen molar-refractivity contribution in [3.8, 4) is 0 Å². The molecule has 1 unspecified atom stereocenters. The van der Waals surface area contributed by atoms with Gasteiger partial charge in [0.1, 0.15) is 0 Å². The quantitative estimate of drug-likeness (QED) is 0.850. The summed E-state index contributed by atoms with van der Waals surface area (Å²) in [5.41, 5.74) is 1.86. The molecule has 1 N–H and O–H groups in total. The largest absolute Gasteiger partial charge is 0.350 e. The van der Waals surface area contributed by atoms with Crippen molar-refractivity contribution in [3.63, 3.8) is 0 Å². The second-order valence-electron chi connectivity index (χ2n) is 4.78. The topological polar surface area (TPSA) is 50.7 Å². The Morgan fingerprint density at radius 3 is 2.44 bits per heavy atom. The molecule has 1 aliphatic rings. The smallest absolute Gasteiger partial charge is 0.243 e. The molecule has 0 aliphatic heterocycles. The van der Waals surface area contributed by atoms with Gasteiger partial charge in [-0.15, -0.1) is 5.10 Å². The Labute approximate surface area is 96.9 Å².